The van der Waals surface area contributed by atoms with Gasteiger partial charge in [-0.05, 0) is 56.9 Å². The first-order chi connectivity index (χ1) is 10.8. The molecule has 1 aromatic rings. The van der Waals surface area contributed by atoms with E-state index in [9.17, 15) is 4.79 Å². The van der Waals surface area contributed by atoms with Crippen molar-refractivity contribution >= 4 is 23.3 Å². The smallest absolute Gasteiger partial charge is 0.329 e. The third kappa shape index (κ3) is 4.54. The number of hydrogen-bond acceptors (Lipinski definition) is 4. The topological polar surface area (TPSA) is 47.6 Å². The van der Waals surface area contributed by atoms with E-state index in [1.165, 1.54) is 0 Å². The third-order valence-corrected chi connectivity index (χ3v) is 4.55. The lowest BCUT2D eigenvalue weighted by Crippen LogP contribution is -2.41. The van der Waals surface area contributed by atoms with Crippen LogP contribution in [0.5, 0.6) is 5.75 Å². The van der Waals surface area contributed by atoms with Crippen LogP contribution in [-0.4, -0.2) is 31.1 Å². The standard InChI is InChI=1S/C18H28ClNO3/c1-7-9-18(19,17(21)23-8-2)11-20-15-10-12(3)16(22-6)14(5)13(15)4/h10,20H,7-9,11H2,1-6H3. The Balaban J connectivity index is 3.01. The summed E-state index contributed by atoms with van der Waals surface area (Å²) in [6, 6.07) is 2.02. The summed E-state index contributed by atoms with van der Waals surface area (Å²) in [6.45, 7) is 10.5. The summed E-state index contributed by atoms with van der Waals surface area (Å²) >= 11 is 6.55. The lowest BCUT2D eigenvalue weighted by atomic mass is 10.00. The molecule has 0 aromatic heterocycles. The van der Waals surface area contributed by atoms with Crippen LogP contribution in [0.1, 0.15) is 43.4 Å². The molecule has 0 aliphatic rings. The van der Waals surface area contributed by atoms with E-state index >= 15 is 0 Å². The SMILES string of the molecule is CCCC(Cl)(CNc1cc(C)c(OC)c(C)c1C)C(=O)OCC. The molecule has 4 nitrogen and oxygen atoms in total. The number of ether oxygens (including phenoxy) is 2. The molecule has 0 aliphatic heterocycles. The Labute approximate surface area is 144 Å². The molecule has 0 bridgehead atoms. The second-order valence-electron chi connectivity index (χ2n) is 5.81. The first-order valence-electron chi connectivity index (χ1n) is 8.05. The highest BCUT2D eigenvalue weighted by molar-refractivity contribution is 6.34. The van der Waals surface area contributed by atoms with Crippen molar-refractivity contribution in [1.82, 2.24) is 0 Å². The van der Waals surface area contributed by atoms with E-state index in [0.717, 1.165) is 34.5 Å². The van der Waals surface area contributed by atoms with Gasteiger partial charge < -0.3 is 14.8 Å². The van der Waals surface area contributed by atoms with Gasteiger partial charge >= 0.3 is 5.97 Å². The number of rotatable bonds is 8. The van der Waals surface area contributed by atoms with Crippen molar-refractivity contribution in [2.75, 3.05) is 25.6 Å². The number of methoxy groups -OCH3 is 1. The average molecular weight is 342 g/mol. The molecule has 0 amide bonds. The second kappa shape index (κ2) is 8.44. The van der Waals surface area contributed by atoms with Gasteiger partial charge in [-0.15, -0.1) is 11.6 Å². The van der Waals surface area contributed by atoms with Gasteiger partial charge in [0.05, 0.1) is 13.7 Å². The van der Waals surface area contributed by atoms with Gasteiger partial charge in [0.15, 0.2) is 4.87 Å². The number of esters is 1. The van der Waals surface area contributed by atoms with E-state index in [-0.39, 0.29) is 5.97 Å². The molecular weight excluding hydrogens is 314 g/mol. The normalized spacial score (nSPS) is 13.3. The number of carbonyl (C=O) groups excluding carboxylic acids is 1. The Hall–Kier alpha value is -1.42. The van der Waals surface area contributed by atoms with Crippen LogP contribution in [0.3, 0.4) is 0 Å². The van der Waals surface area contributed by atoms with E-state index in [1.807, 2.05) is 33.8 Å². The average Bonchev–Trinajstić information content (AvgIpc) is 2.50. The molecule has 23 heavy (non-hydrogen) atoms. The van der Waals surface area contributed by atoms with Gasteiger partial charge in [0, 0.05) is 12.2 Å². The summed E-state index contributed by atoms with van der Waals surface area (Å²) in [4.78, 5) is 11.1. The van der Waals surface area contributed by atoms with Crippen LogP contribution < -0.4 is 10.1 Å². The van der Waals surface area contributed by atoms with Gasteiger partial charge in [-0.2, -0.15) is 0 Å². The summed E-state index contributed by atoms with van der Waals surface area (Å²) in [6.07, 6.45) is 1.37. The number of anilines is 1. The Morgan fingerprint density at radius 1 is 1.26 bits per heavy atom. The van der Waals surface area contributed by atoms with Gasteiger partial charge in [-0.3, -0.25) is 4.79 Å². The van der Waals surface area contributed by atoms with Crippen molar-refractivity contribution in [2.45, 2.75) is 52.3 Å². The maximum atomic E-state index is 12.2. The van der Waals surface area contributed by atoms with E-state index < -0.39 is 4.87 Å². The number of alkyl halides is 1. The molecule has 0 aliphatic carbocycles. The summed E-state index contributed by atoms with van der Waals surface area (Å²) < 4.78 is 10.6. The van der Waals surface area contributed by atoms with Crippen LogP contribution in [0.4, 0.5) is 5.69 Å². The van der Waals surface area contributed by atoms with Crippen molar-refractivity contribution in [1.29, 1.82) is 0 Å². The van der Waals surface area contributed by atoms with Crippen LogP contribution in [0.15, 0.2) is 6.07 Å². The quantitative estimate of drug-likeness (QED) is 0.563. The van der Waals surface area contributed by atoms with Gasteiger partial charge in [0.1, 0.15) is 5.75 Å². The van der Waals surface area contributed by atoms with Crippen molar-refractivity contribution in [3.05, 3.63) is 22.8 Å². The zero-order valence-electron chi connectivity index (χ0n) is 15.0. The number of aryl methyl sites for hydroxylation is 1. The zero-order valence-corrected chi connectivity index (χ0v) is 15.8. The molecule has 0 radical (unpaired) electrons. The summed E-state index contributed by atoms with van der Waals surface area (Å²) in [5, 5.41) is 3.32. The largest absolute Gasteiger partial charge is 0.496 e. The first kappa shape index (κ1) is 19.6. The molecule has 0 fully saturated rings. The number of benzene rings is 1. The molecule has 0 saturated heterocycles. The molecule has 1 aromatic carbocycles. The lowest BCUT2D eigenvalue weighted by molar-refractivity contribution is -0.146. The van der Waals surface area contributed by atoms with Crippen LogP contribution in [-0.2, 0) is 9.53 Å². The van der Waals surface area contributed by atoms with Crippen molar-refractivity contribution < 1.29 is 14.3 Å². The number of nitrogens with one attached hydrogen (secondary N) is 1. The van der Waals surface area contributed by atoms with Gasteiger partial charge in [-0.1, -0.05) is 13.3 Å². The highest BCUT2D eigenvalue weighted by atomic mass is 35.5. The lowest BCUT2D eigenvalue weighted by Gasteiger charge is -2.26. The highest BCUT2D eigenvalue weighted by Crippen LogP contribution is 2.32. The molecule has 0 spiro atoms. The van der Waals surface area contributed by atoms with E-state index in [2.05, 4.69) is 5.32 Å². The van der Waals surface area contributed by atoms with E-state index in [0.29, 0.717) is 19.6 Å². The Kier molecular flexibility index (Phi) is 7.20. The number of hydrogen-bond donors (Lipinski definition) is 1. The van der Waals surface area contributed by atoms with Gasteiger partial charge in [0.25, 0.3) is 0 Å². The van der Waals surface area contributed by atoms with E-state index in [4.69, 9.17) is 21.1 Å². The third-order valence-electron chi connectivity index (χ3n) is 4.08. The minimum absolute atomic E-state index is 0.327. The Morgan fingerprint density at radius 3 is 2.43 bits per heavy atom. The molecule has 1 N–H and O–H groups in total. The molecule has 5 heteroatoms. The summed E-state index contributed by atoms with van der Waals surface area (Å²) in [5.41, 5.74) is 4.18. The second-order valence-corrected chi connectivity index (χ2v) is 6.54. The van der Waals surface area contributed by atoms with Gasteiger partial charge in [0.2, 0.25) is 0 Å². The molecular formula is C18H28ClNO3. The molecule has 1 rings (SSSR count). The number of halogens is 1. The Bertz CT molecular complexity index is 560. The van der Waals surface area contributed by atoms with Crippen molar-refractivity contribution in [3.63, 3.8) is 0 Å². The maximum Gasteiger partial charge on any atom is 0.329 e. The summed E-state index contributed by atoms with van der Waals surface area (Å²) in [7, 11) is 1.67. The Morgan fingerprint density at radius 2 is 1.91 bits per heavy atom. The fourth-order valence-corrected chi connectivity index (χ4v) is 3.02. The maximum absolute atomic E-state index is 12.2. The van der Waals surface area contributed by atoms with Crippen molar-refractivity contribution in [3.8, 4) is 5.75 Å². The fourth-order valence-electron chi connectivity index (χ4n) is 2.71. The predicted octanol–water partition coefficient (Wildman–Crippen LogP) is 4.37. The van der Waals surface area contributed by atoms with Crippen LogP contribution in [0.2, 0.25) is 0 Å². The highest BCUT2D eigenvalue weighted by Gasteiger charge is 2.37. The summed E-state index contributed by atoms with van der Waals surface area (Å²) in [5.74, 6) is 0.528. The van der Waals surface area contributed by atoms with Crippen LogP contribution >= 0.6 is 11.6 Å². The van der Waals surface area contributed by atoms with Gasteiger partial charge in [-0.25, -0.2) is 0 Å². The molecule has 0 heterocycles. The first-order valence-corrected chi connectivity index (χ1v) is 8.43. The predicted molar refractivity (Wildman–Crippen MR) is 95.8 cm³/mol. The van der Waals surface area contributed by atoms with Crippen molar-refractivity contribution in [2.24, 2.45) is 0 Å². The molecule has 1 atom stereocenters. The van der Waals surface area contributed by atoms with E-state index in [1.54, 1.807) is 14.0 Å². The van der Waals surface area contributed by atoms with Crippen LogP contribution in [0, 0.1) is 20.8 Å². The molecule has 1 unspecified atom stereocenters. The number of carbonyl (C=O) groups is 1. The minimum Gasteiger partial charge on any atom is -0.496 e. The molecule has 0 saturated carbocycles. The molecule has 130 valence electrons. The zero-order chi connectivity index (χ0) is 17.6. The fraction of sp³-hybridized carbons (Fsp3) is 0.611. The monoisotopic (exact) mass is 341 g/mol. The van der Waals surface area contributed by atoms with Crippen LogP contribution in [0.25, 0.3) is 0 Å². The minimum atomic E-state index is -1.04.